The number of nitrogens with zero attached hydrogens (tertiary/aromatic N) is 2. The Balaban J connectivity index is 1.66. The highest BCUT2D eigenvalue weighted by atomic mass is 35.5. The van der Waals surface area contributed by atoms with Crippen molar-refractivity contribution in [2.45, 2.75) is 12.5 Å². The molecule has 0 radical (unpaired) electrons. The number of anilines is 1. The predicted molar refractivity (Wildman–Crippen MR) is 90.5 cm³/mol. The maximum atomic E-state index is 12.3. The minimum atomic E-state index is -0.514. The van der Waals surface area contributed by atoms with Gasteiger partial charge in [0, 0.05) is 12.6 Å². The number of hydrogen-bond acceptors (Lipinski definition) is 8. The summed E-state index contributed by atoms with van der Waals surface area (Å²) in [7, 11) is 1.27. The Hall–Kier alpha value is -2.23. The molecule has 25 heavy (non-hydrogen) atoms. The summed E-state index contributed by atoms with van der Waals surface area (Å²) in [4.78, 5) is 32.0. The van der Waals surface area contributed by atoms with Crippen molar-refractivity contribution in [2.24, 2.45) is 0 Å². The molecule has 1 aliphatic rings. The minimum absolute atomic E-state index is 0.0864. The van der Waals surface area contributed by atoms with Crippen LogP contribution < -0.4 is 10.1 Å². The third-order valence-corrected chi connectivity index (χ3v) is 4.51. The van der Waals surface area contributed by atoms with Crippen molar-refractivity contribution in [3.63, 3.8) is 0 Å². The number of aromatic nitrogens is 2. The first-order valence-electron chi connectivity index (χ1n) is 7.32. The Bertz CT molecular complexity index is 791. The van der Waals surface area contributed by atoms with Gasteiger partial charge in [-0.15, -0.1) is 0 Å². The molecule has 1 N–H and O–H groups in total. The second kappa shape index (κ2) is 7.77. The number of hydrogen-bond donors (Lipinski definition) is 1. The fourth-order valence-corrected chi connectivity index (χ4v) is 3.04. The van der Waals surface area contributed by atoms with Crippen LogP contribution in [0.4, 0.5) is 5.13 Å². The molecule has 1 atom stereocenters. The first kappa shape index (κ1) is 17.6. The standard InChI is InChI=1S/C15H14ClN3O5S/c1-22-14(21)11-6-18-15(25-11)19-12(20)8-4-10(16)13(17-5-8)24-9-2-3-23-7-9/h4-6,9H,2-3,7H2,1H3,(H,18,19,20). The van der Waals surface area contributed by atoms with Crippen LogP contribution in [0.25, 0.3) is 0 Å². The monoisotopic (exact) mass is 383 g/mol. The molecule has 0 spiro atoms. The van der Waals surface area contributed by atoms with Crippen LogP contribution in [0.15, 0.2) is 18.5 Å². The zero-order valence-electron chi connectivity index (χ0n) is 13.2. The zero-order chi connectivity index (χ0) is 17.8. The second-order valence-corrected chi connectivity index (χ2v) is 6.53. The Morgan fingerprint density at radius 3 is 2.92 bits per heavy atom. The van der Waals surface area contributed by atoms with E-state index in [9.17, 15) is 9.59 Å². The van der Waals surface area contributed by atoms with Crippen molar-refractivity contribution in [1.29, 1.82) is 0 Å². The van der Waals surface area contributed by atoms with Crippen LogP contribution in [0.1, 0.15) is 26.5 Å². The number of carbonyl (C=O) groups is 2. The SMILES string of the molecule is COC(=O)c1cnc(NC(=O)c2cnc(OC3CCOC3)c(Cl)c2)s1. The van der Waals surface area contributed by atoms with Crippen LogP contribution in [-0.2, 0) is 9.47 Å². The molecule has 1 fully saturated rings. The minimum Gasteiger partial charge on any atom is -0.471 e. The lowest BCUT2D eigenvalue weighted by atomic mass is 10.2. The Kier molecular flexibility index (Phi) is 5.47. The van der Waals surface area contributed by atoms with Crippen LogP contribution in [0.3, 0.4) is 0 Å². The summed E-state index contributed by atoms with van der Waals surface area (Å²) in [5.74, 6) is -0.702. The molecule has 2 aromatic rings. The van der Waals surface area contributed by atoms with Crippen LogP contribution in [0, 0.1) is 0 Å². The van der Waals surface area contributed by atoms with E-state index in [1.54, 1.807) is 0 Å². The Morgan fingerprint density at radius 1 is 1.40 bits per heavy atom. The molecule has 0 bridgehead atoms. The number of nitrogens with one attached hydrogen (secondary N) is 1. The summed E-state index contributed by atoms with van der Waals surface area (Å²) >= 11 is 7.14. The fraction of sp³-hybridized carbons (Fsp3) is 0.333. The number of halogens is 1. The highest BCUT2D eigenvalue weighted by Crippen LogP contribution is 2.26. The number of ether oxygens (including phenoxy) is 3. The molecule has 1 saturated heterocycles. The largest absolute Gasteiger partial charge is 0.471 e. The van der Waals surface area contributed by atoms with E-state index in [0.29, 0.717) is 13.2 Å². The topological polar surface area (TPSA) is 99.6 Å². The average molecular weight is 384 g/mol. The third kappa shape index (κ3) is 4.25. The normalized spacial score (nSPS) is 16.5. The summed E-state index contributed by atoms with van der Waals surface area (Å²) in [6.07, 6.45) is 3.38. The lowest BCUT2D eigenvalue weighted by molar-refractivity contribution is 0.0606. The summed E-state index contributed by atoms with van der Waals surface area (Å²) in [5, 5.41) is 3.08. The third-order valence-electron chi connectivity index (χ3n) is 3.35. The Labute approximate surface area is 152 Å². The van der Waals surface area contributed by atoms with E-state index in [4.69, 9.17) is 21.1 Å². The number of methoxy groups -OCH3 is 1. The molecule has 2 aromatic heterocycles. The number of carbonyl (C=O) groups excluding carboxylic acids is 2. The van der Waals surface area contributed by atoms with Gasteiger partial charge < -0.3 is 14.2 Å². The van der Waals surface area contributed by atoms with Crippen molar-refractivity contribution < 1.29 is 23.8 Å². The number of amides is 1. The molecule has 10 heteroatoms. The van der Waals surface area contributed by atoms with Crippen molar-refractivity contribution in [1.82, 2.24) is 9.97 Å². The maximum Gasteiger partial charge on any atom is 0.349 e. The van der Waals surface area contributed by atoms with E-state index in [1.807, 2.05) is 0 Å². The van der Waals surface area contributed by atoms with Gasteiger partial charge in [-0.05, 0) is 6.07 Å². The number of rotatable bonds is 5. The van der Waals surface area contributed by atoms with Crippen LogP contribution in [0.5, 0.6) is 5.88 Å². The quantitative estimate of drug-likeness (QED) is 0.791. The van der Waals surface area contributed by atoms with Crippen LogP contribution >= 0.6 is 22.9 Å². The van der Waals surface area contributed by atoms with Gasteiger partial charge in [0.2, 0.25) is 5.88 Å². The summed E-state index contributed by atoms with van der Waals surface area (Å²) < 4.78 is 15.5. The Morgan fingerprint density at radius 2 is 2.24 bits per heavy atom. The van der Waals surface area contributed by atoms with Gasteiger partial charge in [-0.1, -0.05) is 22.9 Å². The molecule has 1 unspecified atom stereocenters. The maximum absolute atomic E-state index is 12.3. The van der Waals surface area contributed by atoms with E-state index < -0.39 is 11.9 Å². The lowest BCUT2D eigenvalue weighted by Crippen LogP contribution is -2.17. The van der Waals surface area contributed by atoms with Gasteiger partial charge in [-0.3, -0.25) is 10.1 Å². The summed E-state index contributed by atoms with van der Waals surface area (Å²) in [5.41, 5.74) is 0.245. The first-order valence-corrected chi connectivity index (χ1v) is 8.51. The van der Waals surface area contributed by atoms with Crippen molar-refractivity contribution in [3.8, 4) is 5.88 Å². The molecular formula is C15H14ClN3O5S. The second-order valence-electron chi connectivity index (χ2n) is 5.09. The molecular weight excluding hydrogens is 370 g/mol. The van der Waals surface area contributed by atoms with E-state index in [-0.39, 0.29) is 32.6 Å². The number of esters is 1. The molecule has 0 saturated carbocycles. The molecule has 132 valence electrons. The molecule has 8 nitrogen and oxygen atoms in total. The lowest BCUT2D eigenvalue weighted by Gasteiger charge is -2.12. The van der Waals surface area contributed by atoms with Gasteiger partial charge in [0.1, 0.15) is 16.0 Å². The summed E-state index contributed by atoms with van der Waals surface area (Å²) in [6.45, 7) is 1.14. The highest BCUT2D eigenvalue weighted by Gasteiger charge is 2.20. The van der Waals surface area contributed by atoms with Gasteiger partial charge in [-0.2, -0.15) is 0 Å². The van der Waals surface area contributed by atoms with Crippen LogP contribution in [0.2, 0.25) is 5.02 Å². The van der Waals surface area contributed by atoms with E-state index in [2.05, 4.69) is 20.0 Å². The van der Waals surface area contributed by atoms with Crippen LogP contribution in [-0.4, -0.2) is 48.3 Å². The van der Waals surface area contributed by atoms with Crippen molar-refractivity contribution >= 4 is 39.9 Å². The van der Waals surface area contributed by atoms with Gasteiger partial charge in [0.05, 0.1) is 32.1 Å². The summed E-state index contributed by atoms with van der Waals surface area (Å²) in [6, 6.07) is 1.46. The van der Waals surface area contributed by atoms with E-state index in [1.165, 1.54) is 25.6 Å². The molecule has 0 aromatic carbocycles. The fourth-order valence-electron chi connectivity index (χ4n) is 2.10. The van der Waals surface area contributed by atoms with E-state index in [0.717, 1.165) is 17.8 Å². The van der Waals surface area contributed by atoms with Gasteiger partial charge in [0.25, 0.3) is 5.91 Å². The average Bonchev–Trinajstić information content (AvgIpc) is 3.28. The smallest absolute Gasteiger partial charge is 0.349 e. The van der Waals surface area contributed by atoms with Gasteiger partial charge in [-0.25, -0.2) is 14.8 Å². The van der Waals surface area contributed by atoms with Gasteiger partial charge in [0.15, 0.2) is 5.13 Å². The molecule has 3 rings (SSSR count). The first-order chi connectivity index (χ1) is 12.1. The molecule has 1 amide bonds. The van der Waals surface area contributed by atoms with Crippen molar-refractivity contribution in [2.75, 3.05) is 25.6 Å². The highest BCUT2D eigenvalue weighted by molar-refractivity contribution is 7.17. The number of thiazole rings is 1. The van der Waals surface area contributed by atoms with E-state index >= 15 is 0 Å². The molecule has 0 aliphatic carbocycles. The molecule has 1 aliphatic heterocycles. The zero-order valence-corrected chi connectivity index (χ0v) is 14.7. The predicted octanol–water partition coefficient (Wildman–Crippen LogP) is 2.40. The van der Waals surface area contributed by atoms with Crippen molar-refractivity contribution in [3.05, 3.63) is 33.9 Å². The number of pyridine rings is 1. The van der Waals surface area contributed by atoms with Gasteiger partial charge >= 0.3 is 5.97 Å². The molecule has 3 heterocycles.